The Hall–Kier alpha value is -1.68. The summed E-state index contributed by atoms with van der Waals surface area (Å²) >= 11 is 0. The van der Waals surface area contributed by atoms with Crippen molar-refractivity contribution < 1.29 is 0 Å². The summed E-state index contributed by atoms with van der Waals surface area (Å²) < 4.78 is 1.65. The van der Waals surface area contributed by atoms with Crippen molar-refractivity contribution in [3.05, 3.63) is 42.4 Å². The Bertz CT molecular complexity index is 380. The fraction of sp³-hybridized carbons (Fsp3) is 0.111. The van der Waals surface area contributed by atoms with Crippen LogP contribution >= 0.6 is 0 Å². The van der Waals surface area contributed by atoms with Gasteiger partial charge in [0.25, 0.3) is 0 Å². The quantitative estimate of drug-likeness (QED) is 0.720. The lowest BCUT2D eigenvalue weighted by Gasteiger charge is -2.01. The molecule has 2 heterocycles. The normalized spacial score (nSPS) is 10.2. The van der Waals surface area contributed by atoms with Crippen molar-refractivity contribution in [1.82, 2.24) is 14.8 Å². The van der Waals surface area contributed by atoms with Gasteiger partial charge in [0, 0.05) is 25.0 Å². The number of rotatable bonds is 2. The van der Waals surface area contributed by atoms with Crippen molar-refractivity contribution in [2.45, 2.75) is 6.54 Å². The van der Waals surface area contributed by atoms with E-state index in [1.807, 2.05) is 12.1 Å². The molecular formula is C9H9N4. The maximum atomic E-state index is 5.51. The highest BCUT2D eigenvalue weighted by molar-refractivity contribution is 5.26. The second-order valence-corrected chi connectivity index (χ2v) is 2.61. The van der Waals surface area contributed by atoms with Crippen LogP contribution < -0.4 is 5.73 Å². The molecule has 0 saturated heterocycles. The van der Waals surface area contributed by atoms with Gasteiger partial charge in [0.1, 0.15) is 0 Å². The van der Waals surface area contributed by atoms with E-state index in [1.165, 1.54) is 0 Å². The fourth-order valence-corrected chi connectivity index (χ4v) is 1.07. The van der Waals surface area contributed by atoms with Gasteiger partial charge in [-0.2, -0.15) is 5.10 Å². The van der Waals surface area contributed by atoms with Crippen LogP contribution in [0.2, 0.25) is 0 Å². The van der Waals surface area contributed by atoms with Crippen LogP contribution in [0.1, 0.15) is 5.56 Å². The Morgan fingerprint density at radius 3 is 3.15 bits per heavy atom. The van der Waals surface area contributed by atoms with Crippen molar-refractivity contribution >= 4 is 0 Å². The summed E-state index contributed by atoms with van der Waals surface area (Å²) in [5, 5.41) is 4.02. The van der Waals surface area contributed by atoms with Crippen molar-refractivity contribution in [2.75, 3.05) is 0 Å². The summed E-state index contributed by atoms with van der Waals surface area (Å²) in [6.45, 7) is 0.514. The first kappa shape index (κ1) is 7.94. The van der Waals surface area contributed by atoms with Crippen LogP contribution in [0.15, 0.2) is 30.7 Å². The van der Waals surface area contributed by atoms with Crippen LogP contribution in [0.4, 0.5) is 0 Å². The molecule has 0 aliphatic rings. The molecule has 0 bridgehead atoms. The standard InChI is InChI=1S/C9H9N4/c10-7-8-2-4-11-9(6-8)13-5-1-3-12-13/h2-6H,7,10H2. The molecule has 65 valence electrons. The maximum absolute atomic E-state index is 5.51. The lowest BCUT2D eigenvalue weighted by molar-refractivity contribution is 0.841. The third-order valence-corrected chi connectivity index (χ3v) is 1.73. The summed E-state index contributed by atoms with van der Waals surface area (Å²) in [6.07, 6.45) is 5.04. The number of hydrogen-bond donors (Lipinski definition) is 1. The average molecular weight is 173 g/mol. The predicted molar refractivity (Wildman–Crippen MR) is 48.1 cm³/mol. The van der Waals surface area contributed by atoms with Crippen molar-refractivity contribution in [3.63, 3.8) is 0 Å². The predicted octanol–water partition coefficient (Wildman–Crippen LogP) is 0.526. The maximum Gasteiger partial charge on any atom is 0.153 e. The average Bonchev–Trinajstić information content (AvgIpc) is 2.71. The van der Waals surface area contributed by atoms with Crippen LogP contribution in [0, 0.1) is 6.07 Å². The van der Waals surface area contributed by atoms with Gasteiger partial charge in [-0.25, -0.2) is 9.67 Å². The minimum Gasteiger partial charge on any atom is -0.326 e. The van der Waals surface area contributed by atoms with Gasteiger partial charge in [0.2, 0.25) is 0 Å². The second-order valence-electron chi connectivity index (χ2n) is 2.61. The zero-order valence-electron chi connectivity index (χ0n) is 7.01. The van der Waals surface area contributed by atoms with E-state index in [9.17, 15) is 0 Å². The summed E-state index contributed by atoms with van der Waals surface area (Å²) in [6, 6.07) is 6.64. The molecule has 0 saturated carbocycles. The Morgan fingerprint density at radius 2 is 2.46 bits per heavy atom. The molecule has 0 aromatic carbocycles. The van der Waals surface area contributed by atoms with Gasteiger partial charge in [-0.15, -0.1) is 0 Å². The molecule has 0 aliphatic heterocycles. The van der Waals surface area contributed by atoms with E-state index in [0.29, 0.717) is 6.54 Å². The first-order chi connectivity index (χ1) is 6.40. The van der Waals surface area contributed by atoms with Crippen LogP contribution in [-0.2, 0) is 6.54 Å². The van der Waals surface area contributed by atoms with Gasteiger partial charge >= 0.3 is 0 Å². The molecule has 0 fully saturated rings. The van der Waals surface area contributed by atoms with Crippen molar-refractivity contribution in [2.24, 2.45) is 5.73 Å². The van der Waals surface area contributed by atoms with E-state index < -0.39 is 0 Å². The van der Waals surface area contributed by atoms with Gasteiger partial charge in [-0.3, -0.25) is 0 Å². The summed E-state index contributed by atoms with van der Waals surface area (Å²) in [4.78, 5) is 4.15. The molecule has 1 radical (unpaired) electrons. The largest absolute Gasteiger partial charge is 0.326 e. The van der Waals surface area contributed by atoms with Gasteiger partial charge in [-0.05, 0) is 17.7 Å². The van der Waals surface area contributed by atoms with Gasteiger partial charge < -0.3 is 5.73 Å². The van der Waals surface area contributed by atoms with Crippen LogP contribution in [0.25, 0.3) is 5.82 Å². The van der Waals surface area contributed by atoms with Crippen LogP contribution in [0.5, 0.6) is 0 Å². The lowest BCUT2D eigenvalue weighted by atomic mass is 10.2. The minimum atomic E-state index is 0.514. The number of nitrogens with two attached hydrogens (primary N) is 1. The van der Waals surface area contributed by atoms with Crippen molar-refractivity contribution in [3.8, 4) is 5.82 Å². The summed E-state index contributed by atoms with van der Waals surface area (Å²) in [5.74, 6) is 0.768. The third-order valence-electron chi connectivity index (χ3n) is 1.73. The zero-order chi connectivity index (χ0) is 9.10. The lowest BCUT2D eigenvalue weighted by Crippen LogP contribution is -2.01. The molecule has 0 spiro atoms. The summed E-state index contributed by atoms with van der Waals surface area (Å²) in [7, 11) is 0. The van der Waals surface area contributed by atoms with E-state index in [2.05, 4.69) is 16.1 Å². The fourth-order valence-electron chi connectivity index (χ4n) is 1.07. The Labute approximate surface area is 76.0 Å². The smallest absolute Gasteiger partial charge is 0.153 e. The molecule has 2 aromatic heterocycles. The van der Waals surface area contributed by atoms with E-state index >= 15 is 0 Å². The molecule has 4 nitrogen and oxygen atoms in total. The SMILES string of the molecule is NCc1ccnc(-n2c[c]cn2)c1. The third kappa shape index (κ3) is 1.57. The van der Waals surface area contributed by atoms with E-state index in [4.69, 9.17) is 5.73 Å². The highest BCUT2D eigenvalue weighted by Gasteiger charge is 1.97. The number of nitrogens with zero attached hydrogens (tertiary/aromatic N) is 3. The first-order valence-electron chi connectivity index (χ1n) is 3.96. The van der Waals surface area contributed by atoms with Gasteiger partial charge in [-0.1, -0.05) is 0 Å². The molecule has 2 rings (SSSR count). The number of hydrogen-bond acceptors (Lipinski definition) is 3. The molecule has 0 unspecified atom stereocenters. The highest BCUT2D eigenvalue weighted by atomic mass is 15.3. The molecule has 2 aromatic rings. The van der Waals surface area contributed by atoms with E-state index in [-0.39, 0.29) is 0 Å². The highest BCUT2D eigenvalue weighted by Crippen LogP contribution is 2.04. The van der Waals surface area contributed by atoms with E-state index in [1.54, 1.807) is 23.3 Å². The number of pyridine rings is 1. The monoisotopic (exact) mass is 173 g/mol. The van der Waals surface area contributed by atoms with E-state index in [0.717, 1.165) is 11.4 Å². The van der Waals surface area contributed by atoms with Crippen LogP contribution in [0.3, 0.4) is 0 Å². The molecular weight excluding hydrogens is 164 g/mol. The van der Waals surface area contributed by atoms with Gasteiger partial charge in [0.05, 0.1) is 6.20 Å². The Balaban J connectivity index is 2.41. The Morgan fingerprint density at radius 1 is 1.54 bits per heavy atom. The molecule has 0 aliphatic carbocycles. The molecule has 0 amide bonds. The topological polar surface area (TPSA) is 56.7 Å². The summed E-state index contributed by atoms with van der Waals surface area (Å²) in [5.41, 5.74) is 6.55. The molecule has 4 heteroatoms. The minimum absolute atomic E-state index is 0.514. The first-order valence-corrected chi connectivity index (χ1v) is 3.96. The molecule has 2 N–H and O–H groups in total. The zero-order valence-corrected chi connectivity index (χ0v) is 7.01. The second kappa shape index (κ2) is 3.37. The van der Waals surface area contributed by atoms with Crippen LogP contribution in [-0.4, -0.2) is 14.8 Å². The molecule has 13 heavy (non-hydrogen) atoms. The Kier molecular flexibility index (Phi) is 2.06. The van der Waals surface area contributed by atoms with Gasteiger partial charge in [0.15, 0.2) is 5.82 Å². The molecule has 0 atom stereocenters. The number of aromatic nitrogens is 3. The van der Waals surface area contributed by atoms with Crippen molar-refractivity contribution in [1.29, 1.82) is 0 Å².